The number of rotatable bonds is 5. The molecule has 1 fully saturated rings. The molecule has 2 heterocycles. The number of nitrogens with zero attached hydrogens (tertiary/aromatic N) is 4. The maximum Gasteiger partial charge on any atom is 0.318 e. The summed E-state index contributed by atoms with van der Waals surface area (Å²) in [5.74, 6) is -0.0439. The Bertz CT molecular complexity index is 802. The van der Waals surface area contributed by atoms with Crippen LogP contribution in [0.5, 0.6) is 0 Å². The van der Waals surface area contributed by atoms with Crippen LogP contribution in [0, 0.1) is 0 Å². The third-order valence-electron chi connectivity index (χ3n) is 4.59. The van der Waals surface area contributed by atoms with Crippen LogP contribution in [0.1, 0.15) is 31.7 Å². The topological polar surface area (TPSA) is 90.5 Å². The molecule has 3 amide bonds. The zero-order chi connectivity index (χ0) is 20.1. The van der Waals surface area contributed by atoms with Gasteiger partial charge in [-0.3, -0.25) is 10.1 Å². The Balaban J connectivity index is 1.46. The summed E-state index contributed by atoms with van der Waals surface area (Å²) >= 11 is 1.35. The summed E-state index contributed by atoms with van der Waals surface area (Å²) < 4.78 is 0. The van der Waals surface area contributed by atoms with Crippen LogP contribution in [0.25, 0.3) is 0 Å². The third kappa shape index (κ3) is 4.98. The van der Waals surface area contributed by atoms with E-state index in [1.165, 1.54) is 11.3 Å². The van der Waals surface area contributed by atoms with E-state index in [9.17, 15) is 9.59 Å². The lowest BCUT2D eigenvalue weighted by Crippen LogP contribution is -2.54. The smallest absolute Gasteiger partial charge is 0.318 e. The molecular weight excluding hydrogens is 376 g/mol. The molecule has 1 unspecified atom stereocenters. The van der Waals surface area contributed by atoms with Crippen molar-refractivity contribution in [3.63, 3.8) is 0 Å². The van der Waals surface area contributed by atoms with E-state index in [0.29, 0.717) is 18.2 Å². The number of para-hydroxylation sites is 1. The molecule has 150 valence electrons. The van der Waals surface area contributed by atoms with E-state index in [-0.39, 0.29) is 17.9 Å². The molecule has 0 aliphatic carbocycles. The fourth-order valence-electron chi connectivity index (χ4n) is 2.88. The van der Waals surface area contributed by atoms with Gasteiger partial charge in [-0.25, -0.2) is 4.79 Å². The number of amides is 3. The number of hydrogen-bond acceptors (Lipinski definition) is 6. The van der Waals surface area contributed by atoms with Crippen LogP contribution >= 0.6 is 11.3 Å². The number of hydrogen-bond donors (Lipinski definition) is 2. The lowest BCUT2D eigenvalue weighted by Gasteiger charge is -2.36. The van der Waals surface area contributed by atoms with Crippen molar-refractivity contribution in [3.8, 4) is 0 Å². The zero-order valence-corrected chi connectivity index (χ0v) is 17.2. The molecule has 0 spiro atoms. The lowest BCUT2D eigenvalue weighted by molar-refractivity contribution is -0.117. The Kier molecular flexibility index (Phi) is 6.45. The minimum Gasteiger partial charge on any atom is -0.368 e. The molecule has 1 aliphatic rings. The predicted octanol–water partition coefficient (Wildman–Crippen LogP) is 2.52. The average Bonchev–Trinajstić information content (AvgIpc) is 3.17. The molecule has 1 aromatic carbocycles. The van der Waals surface area contributed by atoms with Gasteiger partial charge in [-0.2, -0.15) is 0 Å². The Labute approximate surface area is 168 Å². The molecule has 1 aromatic heterocycles. The molecule has 9 heteroatoms. The number of carbonyl (C=O) groups excluding carboxylic acids is 2. The Morgan fingerprint density at radius 2 is 1.71 bits per heavy atom. The molecular formula is C19H26N6O2S. The molecule has 0 saturated carbocycles. The largest absolute Gasteiger partial charge is 0.368 e. The van der Waals surface area contributed by atoms with Gasteiger partial charge in [0.25, 0.3) is 0 Å². The van der Waals surface area contributed by atoms with Gasteiger partial charge in [-0.15, -0.1) is 10.2 Å². The Hall–Kier alpha value is -2.68. The van der Waals surface area contributed by atoms with Crippen molar-refractivity contribution in [2.45, 2.75) is 32.7 Å². The van der Waals surface area contributed by atoms with Gasteiger partial charge in [0.05, 0.1) is 0 Å². The van der Waals surface area contributed by atoms with Crippen LogP contribution < -0.4 is 15.5 Å². The highest BCUT2D eigenvalue weighted by Crippen LogP contribution is 2.22. The molecule has 1 aliphatic heterocycles. The van der Waals surface area contributed by atoms with Crippen molar-refractivity contribution >= 4 is 34.1 Å². The summed E-state index contributed by atoms with van der Waals surface area (Å²) in [4.78, 5) is 28.8. The first kappa shape index (κ1) is 20.1. The standard InChI is InChI=1S/C19H26N6O2S/c1-13(2)17-22-23-18(28-17)21-16(26)14(3)20-19(27)25-11-9-24(10-12-25)15-7-5-4-6-8-15/h4-8,13-14H,9-12H2,1-3H3,(H,20,27)(H,21,23,26). The number of anilines is 2. The predicted molar refractivity (Wildman–Crippen MR) is 111 cm³/mol. The van der Waals surface area contributed by atoms with Crippen LogP contribution in [0.4, 0.5) is 15.6 Å². The first-order valence-corrected chi connectivity index (χ1v) is 10.3. The molecule has 0 radical (unpaired) electrons. The lowest BCUT2D eigenvalue weighted by atomic mass is 10.2. The number of benzene rings is 1. The third-order valence-corrected chi connectivity index (χ3v) is 5.73. The van der Waals surface area contributed by atoms with Gasteiger partial charge in [-0.1, -0.05) is 43.4 Å². The van der Waals surface area contributed by atoms with Crippen molar-refractivity contribution in [3.05, 3.63) is 35.3 Å². The van der Waals surface area contributed by atoms with E-state index in [1.807, 2.05) is 32.0 Å². The minimum atomic E-state index is -0.661. The molecule has 2 N–H and O–H groups in total. The van der Waals surface area contributed by atoms with E-state index >= 15 is 0 Å². The van der Waals surface area contributed by atoms with Crippen molar-refractivity contribution in [1.82, 2.24) is 20.4 Å². The van der Waals surface area contributed by atoms with Gasteiger partial charge in [0, 0.05) is 37.8 Å². The summed E-state index contributed by atoms with van der Waals surface area (Å²) in [7, 11) is 0. The first-order chi connectivity index (χ1) is 13.4. The molecule has 8 nitrogen and oxygen atoms in total. The summed E-state index contributed by atoms with van der Waals surface area (Å²) in [6, 6.07) is 9.26. The molecule has 2 aromatic rings. The van der Waals surface area contributed by atoms with E-state index in [1.54, 1.807) is 11.8 Å². The summed E-state index contributed by atoms with van der Waals surface area (Å²) in [6.45, 7) is 8.46. The van der Waals surface area contributed by atoms with Gasteiger partial charge >= 0.3 is 6.03 Å². The fraction of sp³-hybridized carbons (Fsp3) is 0.474. The van der Waals surface area contributed by atoms with E-state index in [4.69, 9.17) is 0 Å². The van der Waals surface area contributed by atoms with Crippen LogP contribution in [0.3, 0.4) is 0 Å². The van der Waals surface area contributed by atoms with E-state index < -0.39 is 6.04 Å². The van der Waals surface area contributed by atoms with Gasteiger partial charge in [0.2, 0.25) is 11.0 Å². The molecule has 3 rings (SSSR count). The van der Waals surface area contributed by atoms with Crippen LogP contribution in [0.2, 0.25) is 0 Å². The van der Waals surface area contributed by atoms with Gasteiger partial charge in [-0.05, 0) is 19.1 Å². The quantitative estimate of drug-likeness (QED) is 0.802. The van der Waals surface area contributed by atoms with Crippen LogP contribution in [-0.4, -0.2) is 59.3 Å². The SMILES string of the molecule is CC(NC(=O)N1CCN(c2ccccc2)CC1)C(=O)Nc1nnc(C(C)C)s1. The number of nitrogens with one attached hydrogen (secondary N) is 2. The van der Waals surface area contributed by atoms with Crippen molar-refractivity contribution < 1.29 is 9.59 Å². The summed E-state index contributed by atoms with van der Waals surface area (Å²) in [5, 5.41) is 14.8. The highest BCUT2D eigenvalue weighted by molar-refractivity contribution is 7.15. The second-order valence-electron chi connectivity index (χ2n) is 7.07. The molecule has 1 saturated heterocycles. The van der Waals surface area contributed by atoms with Crippen molar-refractivity contribution in [1.29, 1.82) is 0 Å². The van der Waals surface area contributed by atoms with Gasteiger partial charge in [0.1, 0.15) is 11.0 Å². The highest BCUT2D eigenvalue weighted by Gasteiger charge is 2.24. The molecule has 0 bridgehead atoms. The van der Waals surface area contributed by atoms with Crippen molar-refractivity contribution in [2.75, 3.05) is 36.4 Å². The highest BCUT2D eigenvalue weighted by atomic mass is 32.1. The van der Waals surface area contributed by atoms with Gasteiger partial charge < -0.3 is 15.1 Å². The van der Waals surface area contributed by atoms with Gasteiger partial charge in [0.15, 0.2) is 0 Å². The normalized spacial score (nSPS) is 15.4. The second-order valence-corrected chi connectivity index (χ2v) is 8.08. The number of piperazine rings is 1. The van der Waals surface area contributed by atoms with Crippen molar-refractivity contribution in [2.24, 2.45) is 0 Å². The maximum atomic E-state index is 12.5. The maximum absolute atomic E-state index is 12.5. The van der Waals surface area contributed by atoms with Crippen LogP contribution in [0.15, 0.2) is 30.3 Å². The molecule has 1 atom stereocenters. The Morgan fingerprint density at radius 3 is 2.32 bits per heavy atom. The second kappa shape index (κ2) is 9.01. The first-order valence-electron chi connectivity index (χ1n) is 9.43. The molecule has 28 heavy (non-hydrogen) atoms. The number of urea groups is 1. The summed E-state index contributed by atoms with van der Waals surface area (Å²) in [5.41, 5.74) is 1.16. The zero-order valence-electron chi connectivity index (χ0n) is 16.4. The fourth-order valence-corrected chi connectivity index (χ4v) is 3.63. The monoisotopic (exact) mass is 402 g/mol. The minimum absolute atomic E-state index is 0.226. The van der Waals surface area contributed by atoms with E-state index in [2.05, 4.69) is 37.9 Å². The summed E-state index contributed by atoms with van der Waals surface area (Å²) in [6.07, 6.45) is 0. The Morgan fingerprint density at radius 1 is 1.04 bits per heavy atom. The average molecular weight is 403 g/mol. The van der Waals surface area contributed by atoms with E-state index in [0.717, 1.165) is 23.8 Å². The number of aromatic nitrogens is 2. The van der Waals surface area contributed by atoms with Crippen LogP contribution in [-0.2, 0) is 4.79 Å². The number of carbonyl (C=O) groups is 2.